The number of nitrogens with two attached hydrogens (primary N) is 1. The lowest BCUT2D eigenvalue weighted by molar-refractivity contribution is 0.185. The van der Waals surface area contributed by atoms with Crippen LogP contribution in [-0.2, 0) is 10.0 Å². The SMILES string of the molecule is N#Cc1ccc(S(=O)(=O)NC(CO)CO)c(N)c1. The van der Waals surface area contributed by atoms with Gasteiger partial charge in [-0.2, -0.15) is 5.26 Å². The van der Waals surface area contributed by atoms with Gasteiger partial charge < -0.3 is 15.9 Å². The van der Waals surface area contributed by atoms with Gasteiger partial charge in [0.25, 0.3) is 0 Å². The summed E-state index contributed by atoms with van der Waals surface area (Å²) in [6, 6.07) is 4.59. The van der Waals surface area contributed by atoms with Crippen LogP contribution in [0.15, 0.2) is 23.1 Å². The lowest BCUT2D eigenvalue weighted by Gasteiger charge is -2.14. The van der Waals surface area contributed by atoms with E-state index in [9.17, 15) is 8.42 Å². The van der Waals surface area contributed by atoms with Crippen molar-refractivity contribution in [1.82, 2.24) is 4.72 Å². The van der Waals surface area contributed by atoms with Crippen LogP contribution in [0.1, 0.15) is 5.56 Å². The largest absolute Gasteiger partial charge is 0.398 e. The second-order valence-electron chi connectivity index (χ2n) is 3.55. The average Bonchev–Trinajstić information content (AvgIpc) is 2.35. The molecule has 0 aliphatic rings. The van der Waals surface area contributed by atoms with Gasteiger partial charge in [-0.25, -0.2) is 13.1 Å². The summed E-state index contributed by atoms with van der Waals surface area (Å²) in [7, 11) is -3.94. The van der Waals surface area contributed by atoms with Crippen molar-refractivity contribution in [2.45, 2.75) is 10.9 Å². The van der Waals surface area contributed by atoms with E-state index in [1.54, 1.807) is 0 Å². The molecule has 0 saturated heterocycles. The molecule has 1 rings (SSSR count). The molecule has 0 radical (unpaired) electrons. The first-order valence-electron chi connectivity index (χ1n) is 4.98. The minimum atomic E-state index is -3.94. The maximum Gasteiger partial charge on any atom is 0.243 e. The van der Waals surface area contributed by atoms with E-state index in [4.69, 9.17) is 21.2 Å². The van der Waals surface area contributed by atoms with Crippen molar-refractivity contribution in [3.05, 3.63) is 23.8 Å². The molecule has 5 N–H and O–H groups in total. The van der Waals surface area contributed by atoms with E-state index >= 15 is 0 Å². The summed E-state index contributed by atoms with van der Waals surface area (Å²) in [4.78, 5) is -0.201. The van der Waals surface area contributed by atoms with Gasteiger partial charge in [-0.15, -0.1) is 0 Å². The first-order chi connectivity index (χ1) is 8.44. The summed E-state index contributed by atoms with van der Waals surface area (Å²) in [6.45, 7) is -1.07. The number of nitrogens with zero attached hydrogens (tertiary/aromatic N) is 1. The van der Waals surface area contributed by atoms with E-state index in [2.05, 4.69) is 4.72 Å². The van der Waals surface area contributed by atoms with E-state index in [0.717, 1.165) is 0 Å². The molecule has 1 aromatic carbocycles. The Morgan fingerprint density at radius 1 is 1.39 bits per heavy atom. The fraction of sp³-hybridized carbons (Fsp3) is 0.300. The van der Waals surface area contributed by atoms with Crippen molar-refractivity contribution >= 4 is 15.7 Å². The molecule has 18 heavy (non-hydrogen) atoms. The zero-order valence-electron chi connectivity index (χ0n) is 9.37. The van der Waals surface area contributed by atoms with Crippen molar-refractivity contribution in [3.63, 3.8) is 0 Å². The van der Waals surface area contributed by atoms with E-state index in [-0.39, 0.29) is 16.1 Å². The van der Waals surface area contributed by atoms with Crippen LogP contribution in [0.3, 0.4) is 0 Å². The maximum absolute atomic E-state index is 11.9. The van der Waals surface area contributed by atoms with Crippen molar-refractivity contribution in [2.24, 2.45) is 0 Å². The smallest absolute Gasteiger partial charge is 0.243 e. The Labute approximate surface area is 105 Å². The molecular formula is C10H13N3O4S. The standard InChI is InChI=1S/C10H13N3O4S/c11-4-7-1-2-10(9(12)3-7)18(16,17)13-8(5-14)6-15/h1-3,8,13-15H,5-6,12H2. The number of aliphatic hydroxyl groups excluding tert-OH is 2. The van der Waals surface area contributed by atoms with Crippen molar-refractivity contribution < 1.29 is 18.6 Å². The third kappa shape index (κ3) is 3.18. The summed E-state index contributed by atoms with van der Waals surface area (Å²) in [5.74, 6) is 0. The highest BCUT2D eigenvalue weighted by Gasteiger charge is 2.21. The molecule has 0 saturated carbocycles. The number of rotatable bonds is 5. The van der Waals surface area contributed by atoms with Gasteiger partial charge in [0.05, 0.1) is 36.6 Å². The number of benzene rings is 1. The fourth-order valence-corrected chi connectivity index (χ4v) is 2.61. The quantitative estimate of drug-likeness (QED) is 0.495. The van der Waals surface area contributed by atoms with Crippen LogP contribution in [-0.4, -0.2) is 37.9 Å². The zero-order chi connectivity index (χ0) is 13.8. The van der Waals surface area contributed by atoms with Crippen LogP contribution in [0.25, 0.3) is 0 Å². The van der Waals surface area contributed by atoms with E-state index in [0.29, 0.717) is 0 Å². The molecule has 0 atom stereocenters. The topological polar surface area (TPSA) is 136 Å². The molecule has 0 unspecified atom stereocenters. The van der Waals surface area contributed by atoms with Crippen molar-refractivity contribution in [3.8, 4) is 6.07 Å². The van der Waals surface area contributed by atoms with E-state index in [1.807, 2.05) is 6.07 Å². The number of anilines is 1. The number of sulfonamides is 1. The summed E-state index contributed by atoms with van der Waals surface area (Å²) in [5.41, 5.74) is 5.72. The number of aliphatic hydroxyl groups is 2. The zero-order valence-corrected chi connectivity index (χ0v) is 10.2. The van der Waals surface area contributed by atoms with Crippen molar-refractivity contribution in [1.29, 1.82) is 5.26 Å². The molecule has 0 aromatic heterocycles. The highest BCUT2D eigenvalue weighted by Crippen LogP contribution is 2.19. The molecule has 0 spiro atoms. The molecule has 8 heteroatoms. The van der Waals surface area contributed by atoms with Crippen LogP contribution in [0.5, 0.6) is 0 Å². The summed E-state index contributed by atoms with van der Waals surface area (Å²) < 4.78 is 25.9. The Morgan fingerprint density at radius 3 is 2.44 bits per heavy atom. The van der Waals surface area contributed by atoms with E-state index < -0.39 is 29.3 Å². The van der Waals surface area contributed by atoms with Crippen LogP contribution in [0.2, 0.25) is 0 Å². The summed E-state index contributed by atoms with van der Waals surface area (Å²) >= 11 is 0. The monoisotopic (exact) mass is 271 g/mol. The molecule has 0 heterocycles. The van der Waals surface area contributed by atoms with E-state index in [1.165, 1.54) is 18.2 Å². The Hall–Kier alpha value is -1.66. The number of nitrogen functional groups attached to an aromatic ring is 1. The molecule has 0 fully saturated rings. The molecule has 0 amide bonds. The van der Waals surface area contributed by atoms with Crippen molar-refractivity contribution in [2.75, 3.05) is 18.9 Å². The van der Waals surface area contributed by atoms with Crippen LogP contribution in [0, 0.1) is 11.3 Å². The third-order valence-electron chi connectivity index (χ3n) is 2.19. The van der Waals surface area contributed by atoms with Gasteiger partial charge in [0, 0.05) is 0 Å². The number of nitrogens with one attached hydrogen (secondary N) is 1. The van der Waals surface area contributed by atoms with Crippen LogP contribution < -0.4 is 10.5 Å². The van der Waals surface area contributed by atoms with Gasteiger partial charge >= 0.3 is 0 Å². The van der Waals surface area contributed by atoms with Gasteiger partial charge in [-0.05, 0) is 18.2 Å². The van der Waals surface area contributed by atoms with Gasteiger partial charge in [-0.3, -0.25) is 0 Å². The van der Waals surface area contributed by atoms with Gasteiger partial charge in [-0.1, -0.05) is 0 Å². The molecule has 0 aliphatic heterocycles. The lowest BCUT2D eigenvalue weighted by atomic mass is 10.2. The number of hydrogen-bond acceptors (Lipinski definition) is 6. The maximum atomic E-state index is 11.9. The molecule has 98 valence electrons. The molecule has 0 bridgehead atoms. The highest BCUT2D eigenvalue weighted by atomic mass is 32.2. The average molecular weight is 271 g/mol. The minimum Gasteiger partial charge on any atom is -0.398 e. The summed E-state index contributed by atoms with van der Waals surface area (Å²) in [6.07, 6.45) is 0. The first kappa shape index (κ1) is 14.4. The highest BCUT2D eigenvalue weighted by molar-refractivity contribution is 7.89. The van der Waals surface area contributed by atoms with Gasteiger partial charge in [0.1, 0.15) is 4.90 Å². The third-order valence-corrected chi connectivity index (χ3v) is 3.79. The molecule has 1 aromatic rings. The first-order valence-corrected chi connectivity index (χ1v) is 6.46. The second kappa shape index (κ2) is 5.79. The Kier molecular flexibility index (Phi) is 4.63. The fourth-order valence-electron chi connectivity index (χ4n) is 1.28. The lowest BCUT2D eigenvalue weighted by Crippen LogP contribution is -2.40. The Balaban J connectivity index is 3.10. The molecular weight excluding hydrogens is 258 g/mol. The molecule has 7 nitrogen and oxygen atoms in total. The minimum absolute atomic E-state index is 0.0730. The molecule has 0 aliphatic carbocycles. The number of nitriles is 1. The van der Waals surface area contributed by atoms with Crippen LogP contribution >= 0.6 is 0 Å². The number of hydrogen-bond donors (Lipinski definition) is 4. The second-order valence-corrected chi connectivity index (χ2v) is 5.23. The summed E-state index contributed by atoms with van der Waals surface area (Å²) in [5, 5.41) is 26.3. The predicted octanol–water partition coefficient (Wildman–Crippen LogP) is -1.23. The normalized spacial score (nSPS) is 11.4. The van der Waals surface area contributed by atoms with Gasteiger partial charge in [0.15, 0.2) is 0 Å². The Morgan fingerprint density at radius 2 is 2.00 bits per heavy atom. The Bertz CT molecular complexity index is 561. The van der Waals surface area contributed by atoms with Crippen LogP contribution in [0.4, 0.5) is 5.69 Å². The predicted molar refractivity (Wildman–Crippen MR) is 63.9 cm³/mol. The van der Waals surface area contributed by atoms with Gasteiger partial charge in [0.2, 0.25) is 10.0 Å².